The third-order valence-electron chi connectivity index (χ3n) is 2.73. The fraction of sp³-hybridized carbons (Fsp3) is 0.200. The van der Waals surface area contributed by atoms with E-state index in [4.69, 9.17) is 9.47 Å². The van der Waals surface area contributed by atoms with Gasteiger partial charge in [-0.05, 0) is 58.5 Å². The molecule has 0 aromatic heterocycles. The van der Waals surface area contributed by atoms with E-state index in [0.29, 0.717) is 0 Å². The molecule has 2 aromatic carbocycles. The average molecular weight is 369 g/mol. The van der Waals surface area contributed by atoms with Gasteiger partial charge < -0.3 is 14.8 Å². The summed E-state index contributed by atoms with van der Waals surface area (Å²) in [6.45, 7) is 0.730. The summed E-state index contributed by atoms with van der Waals surface area (Å²) in [4.78, 5) is 0. The van der Waals surface area contributed by atoms with Crippen LogP contribution in [0.25, 0.3) is 0 Å². The second-order valence-corrected chi connectivity index (χ2v) is 5.33. The molecule has 3 nitrogen and oxygen atoms in total. The molecule has 19 heavy (non-hydrogen) atoms. The number of anilines is 1. The van der Waals surface area contributed by atoms with Crippen LogP contribution >= 0.6 is 22.6 Å². The van der Waals surface area contributed by atoms with Crippen molar-refractivity contribution >= 4 is 28.3 Å². The molecule has 0 atom stereocenters. The Balaban J connectivity index is 2.10. The standard InChI is InChI=1S/C15H16INO2/c1-18-14-6-11(7-15(9-14)19-2)10-17-13-5-3-4-12(16)8-13/h3-9,17H,10H2,1-2H3. The van der Waals surface area contributed by atoms with Gasteiger partial charge in [0.25, 0.3) is 0 Å². The van der Waals surface area contributed by atoms with Gasteiger partial charge in [-0.2, -0.15) is 0 Å². The number of benzene rings is 2. The van der Waals surface area contributed by atoms with Crippen molar-refractivity contribution in [2.75, 3.05) is 19.5 Å². The lowest BCUT2D eigenvalue weighted by Gasteiger charge is -2.10. The zero-order valence-corrected chi connectivity index (χ0v) is 13.1. The molecule has 0 aliphatic rings. The minimum Gasteiger partial charge on any atom is -0.497 e. The summed E-state index contributed by atoms with van der Waals surface area (Å²) >= 11 is 2.30. The van der Waals surface area contributed by atoms with Gasteiger partial charge >= 0.3 is 0 Å². The highest BCUT2D eigenvalue weighted by atomic mass is 127. The molecule has 0 heterocycles. The zero-order valence-electron chi connectivity index (χ0n) is 10.9. The van der Waals surface area contributed by atoms with Crippen LogP contribution in [0.15, 0.2) is 42.5 Å². The van der Waals surface area contributed by atoms with E-state index >= 15 is 0 Å². The van der Waals surface area contributed by atoms with Crippen LogP contribution in [0.4, 0.5) is 5.69 Å². The molecule has 0 saturated carbocycles. The highest BCUT2D eigenvalue weighted by molar-refractivity contribution is 14.1. The Morgan fingerprint density at radius 3 is 2.26 bits per heavy atom. The second kappa shape index (κ2) is 6.65. The fourth-order valence-corrected chi connectivity index (χ4v) is 2.31. The molecule has 4 heteroatoms. The van der Waals surface area contributed by atoms with Crippen LogP contribution in [0, 0.1) is 3.57 Å². The lowest BCUT2D eigenvalue weighted by molar-refractivity contribution is 0.393. The Morgan fingerprint density at radius 2 is 1.68 bits per heavy atom. The third kappa shape index (κ3) is 4.02. The first-order valence-electron chi connectivity index (χ1n) is 5.92. The van der Waals surface area contributed by atoms with E-state index in [1.54, 1.807) is 14.2 Å². The number of ether oxygens (including phenoxy) is 2. The van der Waals surface area contributed by atoms with Crippen molar-refractivity contribution in [2.45, 2.75) is 6.54 Å². The number of nitrogens with one attached hydrogen (secondary N) is 1. The number of halogens is 1. The Hall–Kier alpha value is -1.43. The van der Waals surface area contributed by atoms with Gasteiger partial charge in [0, 0.05) is 21.9 Å². The van der Waals surface area contributed by atoms with E-state index in [0.717, 1.165) is 29.3 Å². The van der Waals surface area contributed by atoms with Gasteiger partial charge in [-0.1, -0.05) is 6.07 Å². The molecular weight excluding hydrogens is 353 g/mol. The molecule has 100 valence electrons. The number of hydrogen-bond acceptors (Lipinski definition) is 3. The highest BCUT2D eigenvalue weighted by Crippen LogP contribution is 2.23. The molecule has 0 radical (unpaired) electrons. The van der Waals surface area contributed by atoms with Gasteiger partial charge in [-0.15, -0.1) is 0 Å². The topological polar surface area (TPSA) is 30.5 Å². The number of rotatable bonds is 5. The smallest absolute Gasteiger partial charge is 0.122 e. The summed E-state index contributed by atoms with van der Waals surface area (Å²) in [5.74, 6) is 1.61. The quantitative estimate of drug-likeness (QED) is 0.811. The molecule has 0 aliphatic heterocycles. The first kappa shape index (κ1) is 14.0. The molecule has 2 aromatic rings. The summed E-state index contributed by atoms with van der Waals surface area (Å²) < 4.78 is 11.7. The molecule has 0 unspecified atom stereocenters. The van der Waals surface area contributed by atoms with E-state index in [-0.39, 0.29) is 0 Å². The lowest BCUT2D eigenvalue weighted by Crippen LogP contribution is -2.00. The van der Waals surface area contributed by atoms with E-state index in [9.17, 15) is 0 Å². The fourth-order valence-electron chi connectivity index (χ4n) is 1.77. The van der Waals surface area contributed by atoms with E-state index in [1.165, 1.54) is 3.57 Å². The van der Waals surface area contributed by atoms with Crippen LogP contribution < -0.4 is 14.8 Å². The normalized spacial score (nSPS) is 10.1. The first-order valence-corrected chi connectivity index (χ1v) is 7.00. The van der Waals surface area contributed by atoms with Crippen LogP contribution in [0.2, 0.25) is 0 Å². The summed E-state index contributed by atoms with van der Waals surface area (Å²) in [6, 6.07) is 14.1. The molecule has 0 spiro atoms. The monoisotopic (exact) mass is 369 g/mol. The van der Waals surface area contributed by atoms with Gasteiger partial charge in [0.05, 0.1) is 14.2 Å². The van der Waals surface area contributed by atoms with Crippen molar-refractivity contribution in [3.05, 3.63) is 51.6 Å². The zero-order chi connectivity index (χ0) is 13.7. The average Bonchev–Trinajstić information content (AvgIpc) is 2.44. The summed E-state index contributed by atoms with van der Waals surface area (Å²) in [7, 11) is 3.32. The van der Waals surface area contributed by atoms with E-state index in [2.05, 4.69) is 46.1 Å². The van der Waals surface area contributed by atoms with Crippen molar-refractivity contribution in [2.24, 2.45) is 0 Å². The summed E-state index contributed by atoms with van der Waals surface area (Å²) in [5.41, 5.74) is 2.23. The van der Waals surface area contributed by atoms with Crippen LogP contribution in [0.1, 0.15) is 5.56 Å². The van der Waals surface area contributed by atoms with Gasteiger partial charge in [-0.25, -0.2) is 0 Å². The third-order valence-corrected chi connectivity index (χ3v) is 3.40. The molecule has 0 saturated heterocycles. The SMILES string of the molecule is COc1cc(CNc2cccc(I)c2)cc(OC)c1. The number of methoxy groups -OCH3 is 2. The van der Waals surface area contributed by atoms with Crippen LogP contribution in [0.3, 0.4) is 0 Å². The maximum atomic E-state index is 5.26. The minimum atomic E-state index is 0.730. The Bertz CT molecular complexity index is 535. The predicted molar refractivity (Wildman–Crippen MR) is 86.0 cm³/mol. The maximum absolute atomic E-state index is 5.26. The first-order chi connectivity index (χ1) is 9.21. The molecule has 1 N–H and O–H groups in total. The molecule has 0 bridgehead atoms. The molecule has 0 aliphatic carbocycles. The molecule has 0 amide bonds. The van der Waals surface area contributed by atoms with E-state index < -0.39 is 0 Å². The second-order valence-electron chi connectivity index (χ2n) is 4.08. The molecular formula is C15H16INO2. The Kier molecular flexibility index (Phi) is 4.90. The van der Waals surface area contributed by atoms with Crippen molar-refractivity contribution in [1.29, 1.82) is 0 Å². The van der Waals surface area contributed by atoms with Crippen LogP contribution in [0.5, 0.6) is 11.5 Å². The van der Waals surface area contributed by atoms with Crippen molar-refractivity contribution in [1.82, 2.24) is 0 Å². The predicted octanol–water partition coefficient (Wildman–Crippen LogP) is 3.92. The minimum absolute atomic E-state index is 0.730. The van der Waals surface area contributed by atoms with Crippen molar-refractivity contribution in [3.63, 3.8) is 0 Å². The van der Waals surface area contributed by atoms with Crippen molar-refractivity contribution in [3.8, 4) is 11.5 Å². The summed E-state index contributed by atoms with van der Waals surface area (Å²) in [6.07, 6.45) is 0. The van der Waals surface area contributed by atoms with Gasteiger partial charge in [0.2, 0.25) is 0 Å². The maximum Gasteiger partial charge on any atom is 0.122 e. The van der Waals surface area contributed by atoms with Gasteiger partial charge in [0.15, 0.2) is 0 Å². The van der Waals surface area contributed by atoms with Gasteiger partial charge in [-0.3, -0.25) is 0 Å². The number of hydrogen-bond donors (Lipinski definition) is 1. The summed E-state index contributed by atoms with van der Waals surface area (Å²) in [5, 5.41) is 3.39. The highest BCUT2D eigenvalue weighted by Gasteiger charge is 2.02. The van der Waals surface area contributed by atoms with Crippen LogP contribution in [-0.2, 0) is 6.54 Å². The van der Waals surface area contributed by atoms with Crippen molar-refractivity contribution < 1.29 is 9.47 Å². The van der Waals surface area contributed by atoms with E-state index in [1.807, 2.05) is 24.3 Å². The van der Waals surface area contributed by atoms with Gasteiger partial charge in [0.1, 0.15) is 11.5 Å². The largest absolute Gasteiger partial charge is 0.497 e. The molecule has 0 fully saturated rings. The Morgan fingerprint density at radius 1 is 1.00 bits per heavy atom. The Labute approximate surface area is 127 Å². The lowest BCUT2D eigenvalue weighted by atomic mass is 10.2. The molecule has 2 rings (SSSR count). The van der Waals surface area contributed by atoms with Crippen LogP contribution in [-0.4, -0.2) is 14.2 Å².